The van der Waals surface area contributed by atoms with Gasteiger partial charge in [0, 0.05) is 6.42 Å². The summed E-state index contributed by atoms with van der Waals surface area (Å²) in [6, 6.07) is -1.06. The number of aliphatic hydroxyl groups excluding tert-OH is 1. The lowest BCUT2D eigenvalue weighted by molar-refractivity contribution is -0.122. The van der Waals surface area contributed by atoms with Crippen LogP contribution in [0.3, 0.4) is 0 Å². The van der Waals surface area contributed by atoms with E-state index in [1.54, 1.807) is 6.08 Å². The largest absolute Gasteiger partial charge is 0.387 e. The van der Waals surface area contributed by atoms with Gasteiger partial charge >= 0.3 is 0 Å². The monoisotopic (exact) mass is 824 g/mol. The Labute approximate surface area is 355 Å². The third-order valence-corrected chi connectivity index (χ3v) is 12.4. The fourth-order valence-corrected chi connectivity index (χ4v) is 8.59. The topological polar surface area (TPSA) is 104 Å². The lowest BCUT2D eigenvalue weighted by Crippen LogP contribution is -2.46. The van der Waals surface area contributed by atoms with Crippen molar-refractivity contribution in [2.75, 3.05) is 5.75 Å². The van der Waals surface area contributed by atoms with Crippen molar-refractivity contribution < 1.29 is 22.9 Å². The molecule has 0 aliphatic carbocycles. The van der Waals surface area contributed by atoms with Crippen LogP contribution in [0.5, 0.6) is 0 Å². The van der Waals surface area contributed by atoms with Gasteiger partial charge in [-0.2, -0.15) is 8.42 Å². The molecule has 0 saturated heterocycles. The molecule has 57 heavy (non-hydrogen) atoms. The van der Waals surface area contributed by atoms with Crippen molar-refractivity contribution in [3.05, 3.63) is 24.3 Å². The Morgan fingerprint density at radius 2 is 0.737 bits per heavy atom. The van der Waals surface area contributed by atoms with Gasteiger partial charge in [-0.05, 0) is 44.9 Å². The first kappa shape index (κ1) is 55.8. The first-order chi connectivity index (χ1) is 27.8. The summed E-state index contributed by atoms with van der Waals surface area (Å²) >= 11 is 0. The van der Waals surface area contributed by atoms with Crippen molar-refractivity contribution in [1.82, 2.24) is 5.32 Å². The summed E-state index contributed by atoms with van der Waals surface area (Å²) in [7, 11) is -4.35. The van der Waals surface area contributed by atoms with E-state index in [0.717, 1.165) is 38.5 Å². The van der Waals surface area contributed by atoms with Gasteiger partial charge in [0.25, 0.3) is 10.1 Å². The third kappa shape index (κ3) is 45.7. The molecule has 0 radical (unpaired) electrons. The molecule has 338 valence electrons. The molecule has 0 bridgehead atoms. The SMILES string of the molecule is CCCCCCCCCC/C=C\CCCCCCCCCCCC(=O)NC(CS(=O)(=O)O)C(O)/C=C/CCCCCCCCCCCCCCCCCCCCC. The lowest BCUT2D eigenvalue weighted by atomic mass is 10.0. The Bertz CT molecular complexity index is 997. The van der Waals surface area contributed by atoms with Gasteiger partial charge in [-0.1, -0.05) is 244 Å². The number of nitrogens with one attached hydrogen (secondary N) is 1. The minimum atomic E-state index is -4.35. The second kappa shape index (κ2) is 44.4. The molecular weight excluding hydrogens is 727 g/mol. The van der Waals surface area contributed by atoms with Crippen LogP contribution in [0.1, 0.15) is 271 Å². The van der Waals surface area contributed by atoms with Crippen LogP contribution in [-0.2, 0) is 14.9 Å². The van der Waals surface area contributed by atoms with E-state index in [9.17, 15) is 22.9 Å². The fraction of sp³-hybridized carbons (Fsp3) is 0.900. The number of unbranched alkanes of at least 4 members (excludes halogenated alkanes) is 36. The van der Waals surface area contributed by atoms with E-state index in [-0.39, 0.29) is 5.91 Å². The Balaban J connectivity index is 3.80. The molecule has 0 aromatic rings. The van der Waals surface area contributed by atoms with Crippen LogP contribution in [-0.4, -0.2) is 41.9 Å². The molecule has 3 N–H and O–H groups in total. The molecule has 1 amide bonds. The van der Waals surface area contributed by atoms with Crippen molar-refractivity contribution >= 4 is 16.0 Å². The van der Waals surface area contributed by atoms with E-state index in [1.807, 2.05) is 6.08 Å². The number of allylic oxidation sites excluding steroid dienone is 3. The fourth-order valence-electron chi connectivity index (χ4n) is 7.86. The minimum absolute atomic E-state index is 0.276. The number of carbonyl (C=O) groups is 1. The van der Waals surface area contributed by atoms with Gasteiger partial charge in [0.2, 0.25) is 5.91 Å². The summed E-state index contributed by atoms with van der Waals surface area (Å²) in [5.74, 6) is -0.971. The van der Waals surface area contributed by atoms with Crippen molar-refractivity contribution in [3.8, 4) is 0 Å². The number of rotatable bonds is 46. The van der Waals surface area contributed by atoms with Crippen molar-refractivity contribution in [2.24, 2.45) is 0 Å². The maximum atomic E-state index is 12.6. The van der Waals surface area contributed by atoms with Gasteiger partial charge in [0.15, 0.2) is 0 Å². The Hall–Kier alpha value is -1.18. The molecule has 7 heteroatoms. The first-order valence-corrected chi connectivity index (χ1v) is 26.6. The van der Waals surface area contributed by atoms with E-state index in [1.165, 1.54) is 212 Å². The molecule has 0 rings (SSSR count). The Morgan fingerprint density at radius 3 is 1.05 bits per heavy atom. The summed E-state index contributed by atoms with van der Waals surface area (Å²) in [5, 5.41) is 13.3. The van der Waals surface area contributed by atoms with Crippen LogP contribution in [0.15, 0.2) is 24.3 Å². The summed E-state index contributed by atoms with van der Waals surface area (Å²) in [6.45, 7) is 4.55. The molecule has 0 aliphatic rings. The zero-order chi connectivity index (χ0) is 41.8. The number of carbonyl (C=O) groups excluding carboxylic acids is 1. The number of amides is 1. The molecule has 0 saturated carbocycles. The predicted molar refractivity (Wildman–Crippen MR) is 249 cm³/mol. The zero-order valence-corrected chi connectivity index (χ0v) is 38.8. The number of hydrogen-bond donors (Lipinski definition) is 3. The van der Waals surface area contributed by atoms with E-state index < -0.39 is 28.0 Å². The van der Waals surface area contributed by atoms with Crippen LogP contribution in [0.2, 0.25) is 0 Å². The highest BCUT2D eigenvalue weighted by Gasteiger charge is 2.24. The van der Waals surface area contributed by atoms with Gasteiger partial charge in [-0.3, -0.25) is 9.35 Å². The smallest absolute Gasteiger partial charge is 0.267 e. The van der Waals surface area contributed by atoms with Gasteiger partial charge in [0.05, 0.1) is 17.9 Å². The molecule has 0 aromatic carbocycles. The minimum Gasteiger partial charge on any atom is -0.387 e. The molecule has 2 atom stereocenters. The quantitative estimate of drug-likeness (QED) is 0.0322. The highest BCUT2D eigenvalue weighted by atomic mass is 32.2. The highest BCUT2D eigenvalue weighted by molar-refractivity contribution is 7.85. The molecule has 2 unspecified atom stereocenters. The molecule has 6 nitrogen and oxygen atoms in total. The van der Waals surface area contributed by atoms with E-state index in [4.69, 9.17) is 0 Å². The number of hydrogen-bond acceptors (Lipinski definition) is 4. The normalized spacial score (nSPS) is 13.3. The lowest BCUT2D eigenvalue weighted by Gasteiger charge is -2.21. The van der Waals surface area contributed by atoms with Gasteiger partial charge in [-0.15, -0.1) is 0 Å². The van der Waals surface area contributed by atoms with E-state index in [2.05, 4.69) is 31.3 Å². The molecule has 0 spiro atoms. The summed E-state index contributed by atoms with van der Waals surface area (Å²) in [4.78, 5) is 12.6. The predicted octanol–water partition coefficient (Wildman–Crippen LogP) is 15.5. The second-order valence-electron chi connectivity index (χ2n) is 17.4. The van der Waals surface area contributed by atoms with Crippen LogP contribution in [0, 0.1) is 0 Å². The molecule has 0 aliphatic heterocycles. The van der Waals surface area contributed by atoms with Crippen LogP contribution < -0.4 is 5.32 Å². The van der Waals surface area contributed by atoms with Gasteiger partial charge in [0.1, 0.15) is 0 Å². The maximum Gasteiger partial charge on any atom is 0.267 e. The van der Waals surface area contributed by atoms with Crippen molar-refractivity contribution in [3.63, 3.8) is 0 Å². The maximum absolute atomic E-state index is 12.6. The Morgan fingerprint density at radius 1 is 0.456 bits per heavy atom. The zero-order valence-electron chi connectivity index (χ0n) is 38.0. The average molecular weight is 824 g/mol. The van der Waals surface area contributed by atoms with Gasteiger partial charge in [-0.25, -0.2) is 0 Å². The summed E-state index contributed by atoms with van der Waals surface area (Å²) in [6.07, 6.45) is 57.5. The average Bonchev–Trinajstić information content (AvgIpc) is 3.18. The number of aliphatic hydroxyl groups is 1. The standard InChI is InChI=1S/C50H97NO5S/c1-3-5-7-9-11-13-15-17-19-21-23-25-27-29-31-33-35-37-39-41-43-45-49(52)48(47-57(54,55)56)51-50(53)46-44-42-40-38-36-34-32-30-28-26-24-22-20-18-16-14-12-10-8-6-4-2/h22,24,43,45,48-49,52H,3-21,23,25-42,44,46-47H2,1-2H3,(H,51,53)(H,54,55,56)/b24-22-,45-43+. The Kier molecular flexibility index (Phi) is 43.5. The third-order valence-electron chi connectivity index (χ3n) is 11.6. The van der Waals surface area contributed by atoms with Crippen LogP contribution in [0.4, 0.5) is 0 Å². The van der Waals surface area contributed by atoms with Crippen molar-refractivity contribution in [2.45, 2.75) is 283 Å². The van der Waals surface area contributed by atoms with Crippen LogP contribution >= 0.6 is 0 Å². The molecule has 0 heterocycles. The second-order valence-corrected chi connectivity index (χ2v) is 18.9. The van der Waals surface area contributed by atoms with Gasteiger partial charge < -0.3 is 10.4 Å². The van der Waals surface area contributed by atoms with E-state index >= 15 is 0 Å². The first-order valence-electron chi connectivity index (χ1n) is 25.0. The highest BCUT2D eigenvalue weighted by Crippen LogP contribution is 2.16. The van der Waals surface area contributed by atoms with E-state index in [0.29, 0.717) is 6.42 Å². The summed E-state index contributed by atoms with van der Waals surface area (Å²) in [5.41, 5.74) is 0. The van der Waals surface area contributed by atoms with Crippen molar-refractivity contribution in [1.29, 1.82) is 0 Å². The molecular formula is C50H97NO5S. The molecule has 0 aromatic heterocycles. The van der Waals surface area contributed by atoms with Crippen LogP contribution in [0.25, 0.3) is 0 Å². The summed E-state index contributed by atoms with van der Waals surface area (Å²) < 4.78 is 32.7. The molecule has 0 fully saturated rings.